The van der Waals surface area contributed by atoms with Gasteiger partial charge in [-0.15, -0.1) is 0 Å². The molecule has 0 amide bonds. The lowest BCUT2D eigenvalue weighted by atomic mass is 10.0. The zero-order valence-electron chi connectivity index (χ0n) is 18.4. The maximum absolute atomic E-state index is 13.4. The Hall–Kier alpha value is -3.18. The van der Waals surface area contributed by atoms with Crippen molar-refractivity contribution in [3.8, 4) is 0 Å². The Morgan fingerprint density at radius 2 is 1.62 bits per heavy atom. The highest BCUT2D eigenvalue weighted by atomic mass is 19.1. The maximum Gasteiger partial charge on any atom is 0.204 e. The van der Waals surface area contributed by atoms with E-state index in [1.165, 1.54) is 17.7 Å². The Morgan fingerprint density at radius 3 is 2.38 bits per heavy atom. The molecule has 1 atom stereocenters. The molecule has 0 saturated carbocycles. The van der Waals surface area contributed by atoms with E-state index in [0.717, 1.165) is 48.5 Å². The molecule has 4 aromatic rings. The second-order valence-electron chi connectivity index (χ2n) is 8.68. The lowest BCUT2D eigenvalue weighted by molar-refractivity contribution is 0.167. The summed E-state index contributed by atoms with van der Waals surface area (Å²) in [5.74, 6) is 0.684. The molecule has 0 radical (unpaired) electrons. The van der Waals surface area contributed by atoms with E-state index in [1.807, 2.05) is 30.3 Å². The van der Waals surface area contributed by atoms with Crippen molar-refractivity contribution in [1.29, 1.82) is 0 Å². The number of halogens is 1. The van der Waals surface area contributed by atoms with E-state index < -0.39 is 0 Å². The largest absolute Gasteiger partial charge is 0.353 e. The first kappa shape index (κ1) is 20.7. The van der Waals surface area contributed by atoms with Crippen LogP contribution in [0.2, 0.25) is 0 Å². The van der Waals surface area contributed by atoms with E-state index in [1.54, 1.807) is 0 Å². The third kappa shape index (κ3) is 4.39. The summed E-state index contributed by atoms with van der Waals surface area (Å²) in [5.41, 5.74) is 4.51. The van der Waals surface area contributed by atoms with Gasteiger partial charge in [0.05, 0.1) is 17.6 Å². The minimum atomic E-state index is -0.209. The van der Waals surface area contributed by atoms with Crippen LogP contribution in [0.4, 0.5) is 10.3 Å². The van der Waals surface area contributed by atoms with Gasteiger partial charge in [-0.2, -0.15) is 0 Å². The molecule has 1 aromatic heterocycles. The van der Waals surface area contributed by atoms with Crippen LogP contribution < -0.4 is 5.32 Å². The SMILES string of the molecule is CC(c1ccccc1)N1CCC(Nc2nc3ccccc3n2Cc2ccc(F)cc2)CC1. The molecule has 0 aliphatic carbocycles. The number of rotatable bonds is 6. The van der Waals surface area contributed by atoms with E-state index in [2.05, 4.69) is 58.1 Å². The van der Waals surface area contributed by atoms with E-state index in [9.17, 15) is 4.39 Å². The molecule has 0 spiro atoms. The molecule has 0 bridgehead atoms. The Balaban J connectivity index is 1.31. The van der Waals surface area contributed by atoms with Crippen LogP contribution in [0.3, 0.4) is 0 Å². The number of likely N-dealkylation sites (tertiary alicyclic amines) is 1. The fraction of sp³-hybridized carbons (Fsp3) is 0.296. The monoisotopic (exact) mass is 428 g/mol. The molecular weight excluding hydrogens is 399 g/mol. The second kappa shape index (κ2) is 9.13. The molecule has 1 aliphatic heterocycles. The molecule has 1 fully saturated rings. The van der Waals surface area contributed by atoms with E-state index in [4.69, 9.17) is 4.98 Å². The number of para-hydroxylation sites is 2. The lowest BCUT2D eigenvalue weighted by Gasteiger charge is -2.36. The number of anilines is 1. The molecule has 164 valence electrons. The van der Waals surface area contributed by atoms with E-state index >= 15 is 0 Å². The van der Waals surface area contributed by atoms with Gasteiger partial charge >= 0.3 is 0 Å². The third-order valence-electron chi connectivity index (χ3n) is 6.60. The number of nitrogens with one attached hydrogen (secondary N) is 1. The number of hydrogen-bond donors (Lipinski definition) is 1. The van der Waals surface area contributed by atoms with Crippen LogP contribution in [0, 0.1) is 5.82 Å². The summed E-state index contributed by atoms with van der Waals surface area (Å²) in [6, 6.07) is 26.5. The minimum absolute atomic E-state index is 0.209. The summed E-state index contributed by atoms with van der Waals surface area (Å²) in [7, 11) is 0. The van der Waals surface area contributed by atoms with E-state index in [0.29, 0.717) is 18.6 Å². The van der Waals surface area contributed by atoms with Gasteiger partial charge < -0.3 is 9.88 Å². The van der Waals surface area contributed by atoms with Gasteiger partial charge in [-0.25, -0.2) is 9.37 Å². The van der Waals surface area contributed by atoms with Gasteiger partial charge in [0.25, 0.3) is 0 Å². The van der Waals surface area contributed by atoms with Crippen LogP contribution in [-0.4, -0.2) is 33.6 Å². The molecule has 1 N–H and O–H groups in total. The fourth-order valence-electron chi connectivity index (χ4n) is 4.67. The molecule has 2 heterocycles. The molecular formula is C27H29FN4. The number of fused-ring (bicyclic) bond motifs is 1. The predicted molar refractivity (Wildman–Crippen MR) is 128 cm³/mol. The molecule has 4 nitrogen and oxygen atoms in total. The summed E-state index contributed by atoms with van der Waals surface area (Å²) >= 11 is 0. The average Bonchev–Trinajstić information content (AvgIpc) is 3.18. The quantitative estimate of drug-likeness (QED) is 0.417. The van der Waals surface area contributed by atoms with Crippen LogP contribution in [0.25, 0.3) is 11.0 Å². The van der Waals surface area contributed by atoms with Gasteiger partial charge in [0.1, 0.15) is 5.82 Å². The average molecular weight is 429 g/mol. The van der Waals surface area contributed by atoms with E-state index in [-0.39, 0.29) is 5.82 Å². The molecule has 1 saturated heterocycles. The Kier molecular flexibility index (Phi) is 5.91. The van der Waals surface area contributed by atoms with Crippen LogP contribution >= 0.6 is 0 Å². The highest BCUT2D eigenvalue weighted by Crippen LogP contribution is 2.27. The number of aromatic nitrogens is 2. The summed E-state index contributed by atoms with van der Waals surface area (Å²) in [4.78, 5) is 7.45. The highest BCUT2D eigenvalue weighted by molar-refractivity contribution is 5.78. The predicted octanol–water partition coefficient (Wildman–Crippen LogP) is 5.86. The Labute approximate surface area is 188 Å². The topological polar surface area (TPSA) is 33.1 Å². The van der Waals surface area contributed by atoms with Crippen molar-refractivity contribution in [3.05, 3.63) is 95.8 Å². The first-order valence-electron chi connectivity index (χ1n) is 11.4. The van der Waals surface area contributed by atoms with Crippen molar-refractivity contribution in [2.45, 2.75) is 38.4 Å². The smallest absolute Gasteiger partial charge is 0.204 e. The zero-order chi connectivity index (χ0) is 21.9. The van der Waals surface area contributed by atoms with Gasteiger partial charge in [-0.3, -0.25) is 4.90 Å². The number of hydrogen-bond acceptors (Lipinski definition) is 3. The van der Waals surface area contributed by atoms with Crippen LogP contribution in [0.5, 0.6) is 0 Å². The van der Waals surface area contributed by atoms with Crippen molar-refractivity contribution >= 4 is 17.0 Å². The summed E-state index contributed by atoms with van der Waals surface area (Å²) in [5, 5.41) is 3.72. The number of piperidine rings is 1. The molecule has 1 unspecified atom stereocenters. The standard InChI is InChI=1S/C27H29FN4/c1-20(22-7-3-2-4-8-22)31-17-15-24(16-18-31)29-27-30-25-9-5-6-10-26(25)32(27)19-21-11-13-23(28)14-12-21/h2-14,20,24H,15-19H2,1H3,(H,29,30). The van der Waals surface area contributed by atoms with Crippen molar-refractivity contribution in [2.24, 2.45) is 0 Å². The summed E-state index contributed by atoms with van der Waals surface area (Å²) < 4.78 is 15.6. The lowest BCUT2D eigenvalue weighted by Crippen LogP contribution is -2.40. The second-order valence-corrected chi connectivity index (χ2v) is 8.68. The number of nitrogens with zero attached hydrogens (tertiary/aromatic N) is 3. The first-order valence-corrected chi connectivity index (χ1v) is 11.4. The maximum atomic E-state index is 13.4. The van der Waals surface area contributed by atoms with Crippen LogP contribution in [0.15, 0.2) is 78.9 Å². The van der Waals surface area contributed by atoms with Gasteiger partial charge in [-0.1, -0.05) is 54.6 Å². The van der Waals surface area contributed by atoms with Crippen LogP contribution in [0.1, 0.15) is 36.9 Å². The van der Waals surface area contributed by atoms with Crippen molar-refractivity contribution in [3.63, 3.8) is 0 Å². The number of benzene rings is 3. The third-order valence-corrected chi connectivity index (χ3v) is 6.60. The van der Waals surface area contributed by atoms with Crippen molar-refractivity contribution in [1.82, 2.24) is 14.5 Å². The molecule has 3 aromatic carbocycles. The van der Waals surface area contributed by atoms with Gasteiger partial charge in [0.15, 0.2) is 0 Å². The molecule has 5 rings (SSSR count). The van der Waals surface area contributed by atoms with Crippen molar-refractivity contribution in [2.75, 3.05) is 18.4 Å². The van der Waals surface area contributed by atoms with Gasteiger partial charge in [0, 0.05) is 25.2 Å². The fourth-order valence-corrected chi connectivity index (χ4v) is 4.67. The van der Waals surface area contributed by atoms with Crippen LogP contribution in [-0.2, 0) is 6.54 Å². The Bertz CT molecular complexity index is 1160. The van der Waals surface area contributed by atoms with Gasteiger partial charge in [-0.05, 0) is 55.2 Å². The molecule has 1 aliphatic rings. The zero-order valence-corrected chi connectivity index (χ0v) is 18.4. The highest BCUT2D eigenvalue weighted by Gasteiger charge is 2.24. The minimum Gasteiger partial charge on any atom is -0.353 e. The van der Waals surface area contributed by atoms with Crippen molar-refractivity contribution < 1.29 is 4.39 Å². The van der Waals surface area contributed by atoms with Gasteiger partial charge in [0.2, 0.25) is 5.95 Å². The number of imidazole rings is 1. The normalized spacial score (nSPS) is 16.3. The summed E-state index contributed by atoms with van der Waals surface area (Å²) in [6.07, 6.45) is 2.16. The molecule has 32 heavy (non-hydrogen) atoms. The molecule has 5 heteroatoms. The summed E-state index contributed by atoms with van der Waals surface area (Å²) in [6.45, 7) is 5.08. The first-order chi connectivity index (χ1) is 15.7. The Morgan fingerprint density at radius 1 is 0.938 bits per heavy atom.